The summed E-state index contributed by atoms with van der Waals surface area (Å²) in [6, 6.07) is 0. The van der Waals surface area contributed by atoms with Gasteiger partial charge in [-0.25, -0.2) is 0 Å². The van der Waals surface area contributed by atoms with Gasteiger partial charge in [0, 0.05) is 6.21 Å². The van der Waals surface area contributed by atoms with Gasteiger partial charge in [0.1, 0.15) is 6.73 Å². The number of rotatable bonds is 0. The molecule has 1 aliphatic rings. The molecule has 1 aliphatic heterocycles. The molecule has 0 aromatic heterocycles. The fraction of sp³-hybridized carbons (Fsp3) is 0.600. The molecule has 0 saturated heterocycles. The lowest BCUT2D eigenvalue weighted by Gasteiger charge is -1.88. The van der Waals surface area contributed by atoms with Crippen molar-refractivity contribution < 1.29 is 4.74 Å². The van der Waals surface area contributed by atoms with Gasteiger partial charge in [0.05, 0.1) is 6.61 Å². The molecule has 0 N–H and O–H groups in total. The lowest BCUT2D eigenvalue weighted by molar-refractivity contribution is 0.207. The predicted octanol–water partition coefficient (Wildman–Crippen LogP) is 0.987. The topological polar surface area (TPSA) is 21.6 Å². The van der Waals surface area contributed by atoms with Crippen LogP contribution in [-0.4, -0.2) is 12.9 Å². The van der Waals surface area contributed by atoms with Crippen LogP contribution >= 0.6 is 0 Å². The van der Waals surface area contributed by atoms with E-state index in [-0.39, 0.29) is 0 Å². The molecule has 1 radical (unpaired) electrons. The van der Waals surface area contributed by atoms with Crippen LogP contribution in [0.15, 0.2) is 4.99 Å². The molecule has 0 unspecified atom stereocenters. The Kier molecular flexibility index (Phi) is 1.88. The fourth-order valence-corrected chi connectivity index (χ4v) is 0.466. The summed E-state index contributed by atoms with van der Waals surface area (Å²) >= 11 is 0. The van der Waals surface area contributed by atoms with Gasteiger partial charge in [0.2, 0.25) is 0 Å². The zero-order chi connectivity index (χ0) is 4.95. The Morgan fingerprint density at radius 2 is 2.43 bits per heavy atom. The van der Waals surface area contributed by atoms with Crippen LogP contribution in [0.5, 0.6) is 0 Å². The minimum atomic E-state index is 0.514. The van der Waals surface area contributed by atoms with Crippen molar-refractivity contribution in [2.75, 3.05) is 6.73 Å². The van der Waals surface area contributed by atoms with E-state index < -0.39 is 0 Å². The first-order valence-corrected chi connectivity index (χ1v) is 2.42. The van der Waals surface area contributed by atoms with E-state index in [4.69, 9.17) is 4.74 Å². The number of aliphatic imine (C=N–C) groups is 1. The molecule has 0 saturated carbocycles. The van der Waals surface area contributed by atoms with Crippen molar-refractivity contribution >= 4 is 6.21 Å². The van der Waals surface area contributed by atoms with Gasteiger partial charge >= 0.3 is 0 Å². The summed E-state index contributed by atoms with van der Waals surface area (Å²) < 4.78 is 4.87. The number of ether oxygens (including phenoxy) is 1. The Morgan fingerprint density at radius 1 is 1.43 bits per heavy atom. The Morgan fingerprint density at radius 3 is 3.43 bits per heavy atom. The predicted molar refractivity (Wildman–Crippen MR) is 28.0 cm³/mol. The zero-order valence-electron chi connectivity index (χ0n) is 4.13. The molecule has 0 atom stereocenters. The van der Waals surface area contributed by atoms with Crippen LogP contribution in [0, 0.1) is 6.61 Å². The molecule has 0 bridgehead atoms. The van der Waals surface area contributed by atoms with E-state index in [1.165, 1.54) is 0 Å². The smallest absolute Gasteiger partial charge is 0.137 e. The van der Waals surface area contributed by atoms with E-state index in [0.717, 1.165) is 12.8 Å². The second-order valence-electron chi connectivity index (χ2n) is 1.40. The van der Waals surface area contributed by atoms with Gasteiger partial charge in [-0.05, 0) is 12.8 Å². The average Bonchev–Trinajstić information content (AvgIpc) is 1.90. The first-order chi connectivity index (χ1) is 3.50. The zero-order valence-corrected chi connectivity index (χ0v) is 4.13. The molecule has 7 heavy (non-hydrogen) atoms. The minimum absolute atomic E-state index is 0.514. The largest absolute Gasteiger partial charge is 0.353 e. The van der Waals surface area contributed by atoms with Crippen molar-refractivity contribution in [2.45, 2.75) is 12.8 Å². The van der Waals surface area contributed by atoms with Crippen molar-refractivity contribution in [1.82, 2.24) is 0 Å². The lowest BCUT2D eigenvalue weighted by Crippen LogP contribution is -1.81. The maximum absolute atomic E-state index is 4.87. The highest BCUT2D eigenvalue weighted by atomic mass is 16.5. The summed E-state index contributed by atoms with van der Waals surface area (Å²) in [6.07, 6.45) is 3.92. The highest BCUT2D eigenvalue weighted by Gasteiger charge is 1.89. The molecule has 0 aliphatic carbocycles. The van der Waals surface area contributed by atoms with Gasteiger partial charge < -0.3 is 4.74 Å². The maximum atomic E-state index is 4.87. The molecular formula is C5H8NO. The van der Waals surface area contributed by atoms with E-state index in [1.54, 1.807) is 6.61 Å². The van der Waals surface area contributed by atoms with E-state index in [9.17, 15) is 0 Å². The van der Waals surface area contributed by atoms with E-state index in [0.29, 0.717) is 6.73 Å². The van der Waals surface area contributed by atoms with Gasteiger partial charge in [0.25, 0.3) is 0 Å². The van der Waals surface area contributed by atoms with Crippen molar-refractivity contribution in [1.29, 1.82) is 0 Å². The van der Waals surface area contributed by atoms with Crippen LogP contribution in [0.2, 0.25) is 0 Å². The number of hydrogen-bond acceptors (Lipinski definition) is 2. The highest BCUT2D eigenvalue weighted by Crippen LogP contribution is 1.96. The summed E-state index contributed by atoms with van der Waals surface area (Å²) in [7, 11) is 0. The molecular weight excluding hydrogens is 90.1 g/mol. The standard InChI is InChI=1S/C5H8NO/c1-2-4-7-5-6-3-1/h3-4H,1-2,5H2. The Hall–Kier alpha value is -0.370. The van der Waals surface area contributed by atoms with Gasteiger partial charge in [-0.15, -0.1) is 0 Å². The third kappa shape index (κ3) is 1.69. The van der Waals surface area contributed by atoms with Crippen LogP contribution < -0.4 is 0 Å². The van der Waals surface area contributed by atoms with Crippen molar-refractivity contribution in [3.05, 3.63) is 6.61 Å². The first-order valence-electron chi connectivity index (χ1n) is 2.42. The molecule has 39 valence electrons. The highest BCUT2D eigenvalue weighted by molar-refractivity contribution is 5.57. The Bertz CT molecular complexity index is 62.5. The Labute approximate surface area is 43.2 Å². The minimum Gasteiger partial charge on any atom is -0.353 e. The summed E-state index contributed by atoms with van der Waals surface area (Å²) in [6.45, 7) is 2.31. The van der Waals surface area contributed by atoms with Gasteiger partial charge in [-0.2, -0.15) is 0 Å². The Balaban J connectivity index is 2.20. The number of hydrogen-bond donors (Lipinski definition) is 0. The molecule has 2 nitrogen and oxygen atoms in total. The molecule has 0 amide bonds. The van der Waals surface area contributed by atoms with Crippen molar-refractivity contribution in [3.63, 3.8) is 0 Å². The molecule has 1 rings (SSSR count). The maximum Gasteiger partial charge on any atom is 0.137 e. The van der Waals surface area contributed by atoms with Gasteiger partial charge in [-0.1, -0.05) is 0 Å². The molecule has 0 aromatic carbocycles. The molecule has 2 heteroatoms. The van der Waals surface area contributed by atoms with Gasteiger partial charge in [-0.3, -0.25) is 4.99 Å². The first kappa shape index (κ1) is 4.78. The van der Waals surface area contributed by atoms with E-state index in [2.05, 4.69) is 4.99 Å². The van der Waals surface area contributed by atoms with E-state index >= 15 is 0 Å². The SMILES string of the molecule is [CH]1CCC=NCO1. The van der Waals surface area contributed by atoms with E-state index in [1.807, 2.05) is 6.21 Å². The van der Waals surface area contributed by atoms with Crippen molar-refractivity contribution in [3.8, 4) is 0 Å². The monoisotopic (exact) mass is 98.1 g/mol. The second-order valence-corrected chi connectivity index (χ2v) is 1.40. The summed E-state index contributed by atoms with van der Waals surface area (Å²) in [5.41, 5.74) is 0. The van der Waals surface area contributed by atoms with Crippen LogP contribution in [0.4, 0.5) is 0 Å². The van der Waals surface area contributed by atoms with Crippen LogP contribution in [0.1, 0.15) is 12.8 Å². The molecule has 0 spiro atoms. The summed E-state index contributed by atoms with van der Waals surface area (Å²) in [5.74, 6) is 0. The molecule has 0 fully saturated rings. The summed E-state index contributed by atoms with van der Waals surface area (Å²) in [5, 5.41) is 0. The third-order valence-corrected chi connectivity index (χ3v) is 0.810. The number of nitrogens with zero attached hydrogens (tertiary/aromatic N) is 1. The van der Waals surface area contributed by atoms with Crippen LogP contribution in [0.25, 0.3) is 0 Å². The lowest BCUT2D eigenvalue weighted by atomic mass is 10.3. The van der Waals surface area contributed by atoms with Crippen LogP contribution in [0.3, 0.4) is 0 Å². The second kappa shape index (κ2) is 2.75. The van der Waals surface area contributed by atoms with Gasteiger partial charge in [0.15, 0.2) is 0 Å². The summed E-state index contributed by atoms with van der Waals surface area (Å²) in [4.78, 5) is 3.89. The third-order valence-electron chi connectivity index (χ3n) is 0.810. The quantitative estimate of drug-likeness (QED) is 0.442. The average molecular weight is 98.1 g/mol. The normalized spacial score (nSPS) is 21.7. The fourth-order valence-electron chi connectivity index (χ4n) is 0.466. The van der Waals surface area contributed by atoms with Crippen LogP contribution in [-0.2, 0) is 4.74 Å². The molecule has 0 aromatic rings. The van der Waals surface area contributed by atoms with Crippen molar-refractivity contribution in [2.24, 2.45) is 4.99 Å². The molecule has 1 heterocycles.